The Hall–Kier alpha value is -2.87. The molecule has 0 saturated heterocycles. The second kappa shape index (κ2) is 6.94. The largest absolute Gasteiger partial charge is 0.271 e. The smallest absolute Gasteiger partial charge is 0.258 e. The van der Waals surface area contributed by atoms with Crippen molar-refractivity contribution in [2.24, 2.45) is 10.2 Å². The van der Waals surface area contributed by atoms with Crippen LogP contribution in [0, 0.1) is 24.0 Å². The van der Waals surface area contributed by atoms with Gasteiger partial charge < -0.3 is 0 Å². The molecular formula is C17H14BrN5O2. The van der Waals surface area contributed by atoms with E-state index in [2.05, 4.69) is 31.3 Å². The van der Waals surface area contributed by atoms with Gasteiger partial charge in [-0.3, -0.25) is 10.1 Å². The van der Waals surface area contributed by atoms with E-state index in [0.29, 0.717) is 11.4 Å². The number of azo groups is 1. The normalized spacial score (nSPS) is 11.2. The number of rotatable bonds is 4. The second-order valence-electron chi connectivity index (χ2n) is 5.38. The van der Waals surface area contributed by atoms with Crippen LogP contribution in [-0.4, -0.2) is 14.7 Å². The number of benzene rings is 2. The van der Waals surface area contributed by atoms with Gasteiger partial charge in [0, 0.05) is 16.6 Å². The molecule has 0 saturated carbocycles. The minimum Gasteiger partial charge on any atom is -0.258 e. The van der Waals surface area contributed by atoms with Crippen LogP contribution in [-0.2, 0) is 0 Å². The number of nitro benzene ring substituents is 1. The van der Waals surface area contributed by atoms with Crippen molar-refractivity contribution >= 4 is 33.0 Å². The zero-order valence-corrected chi connectivity index (χ0v) is 15.1. The predicted octanol–water partition coefficient (Wildman–Crippen LogP) is 5.58. The number of aromatic nitrogens is 2. The molecule has 25 heavy (non-hydrogen) atoms. The van der Waals surface area contributed by atoms with Crippen LogP contribution < -0.4 is 0 Å². The molecule has 1 heterocycles. The molecule has 0 N–H and O–H groups in total. The molecule has 0 unspecified atom stereocenters. The van der Waals surface area contributed by atoms with Crippen molar-refractivity contribution in [3.05, 3.63) is 74.5 Å². The van der Waals surface area contributed by atoms with Crippen molar-refractivity contribution in [2.75, 3.05) is 0 Å². The van der Waals surface area contributed by atoms with Crippen LogP contribution in [0.4, 0.5) is 17.1 Å². The van der Waals surface area contributed by atoms with Crippen LogP contribution >= 0.6 is 15.9 Å². The minimum absolute atomic E-state index is 0.0181. The van der Waals surface area contributed by atoms with Gasteiger partial charge in [0.25, 0.3) is 5.69 Å². The minimum atomic E-state index is -0.457. The molecule has 0 aliphatic heterocycles. The van der Waals surface area contributed by atoms with Crippen LogP contribution in [0.15, 0.2) is 63.2 Å². The number of aryl methyl sites for hydroxylation is 1. The average molecular weight is 400 g/mol. The van der Waals surface area contributed by atoms with Gasteiger partial charge in [-0.1, -0.05) is 22.0 Å². The molecule has 7 nitrogen and oxygen atoms in total. The van der Waals surface area contributed by atoms with Gasteiger partial charge in [-0.25, -0.2) is 4.68 Å². The first-order valence-electron chi connectivity index (χ1n) is 7.44. The summed E-state index contributed by atoms with van der Waals surface area (Å²) < 4.78 is 2.78. The highest BCUT2D eigenvalue weighted by molar-refractivity contribution is 9.10. The predicted molar refractivity (Wildman–Crippen MR) is 98.0 cm³/mol. The standard InChI is InChI=1S/C17H14BrN5O2/c1-11-17(20-19-14-4-3-5-16(10-14)23(24)25)12(2)22(21-11)15-8-6-13(18)7-9-15/h3-10H,1-2H3. The molecule has 0 atom stereocenters. The monoisotopic (exact) mass is 399 g/mol. The summed E-state index contributed by atoms with van der Waals surface area (Å²) in [4.78, 5) is 10.4. The molecule has 8 heteroatoms. The summed E-state index contributed by atoms with van der Waals surface area (Å²) in [5.41, 5.74) is 3.54. The Kier molecular flexibility index (Phi) is 4.71. The molecule has 2 aromatic carbocycles. The third-order valence-electron chi connectivity index (χ3n) is 3.63. The lowest BCUT2D eigenvalue weighted by Gasteiger charge is -2.04. The highest BCUT2D eigenvalue weighted by Crippen LogP contribution is 2.29. The molecule has 126 valence electrons. The van der Waals surface area contributed by atoms with Crippen molar-refractivity contribution < 1.29 is 4.92 Å². The summed E-state index contributed by atoms with van der Waals surface area (Å²) in [5.74, 6) is 0. The molecule has 0 fully saturated rings. The van der Waals surface area contributed by atoms with Gasteiger partial charge in [0.15, 0.2) is 0 Å². The molecule has 0 bridgehead atoms. The van der Waals surface area contributed by atoms with Gasteiger partial charge in [0.2, 0.25) is 0 Å². The van der Waals surface area contributed by atoms with Crippen LogP contribution in [0.25, 0.3) is 5.69 Å². The van der Waals surface area contributed by atoms with E-state index in [1.807, 2.05) is 38.1 Å². The fraction of sp³-hybridized carbons (Fsp3) is 0.118. The summed E-state index contributed by atoms with van der Waals surface area (Å²) in [6.07, 6.45) is 0. The maximum Gasteiger partial charge on any atom is 0.271 e. The van der Waals surface area contributed by atoms with Crippen LogP contribution in [0.1, 0.15) is 11.4 Å². The Balaban J connectivity index is 1.94. The Bertz CT molecular complexity index is 964. The number of hydrogen-bond acceptors (Lipinski definition) is 5. The SMILES string of the molecule is Cc1nn(-c2ccc(Br)cc2)c(C)c1N=Nc1cccc([N+](=O)[O-])c1. The first kappa shape index (κ1) is 17.0. The van der Waals surface area contributed by atoms with Crippen LogP contribution in [0.2, 0.25) is 0 Å². The third kappa shape index (κ3) is 3.63. The zero-order chi connectivity index (χ0) is 18.0. The van der Waals surface area contributed by atoms with Crippen LogP contribution in [0.3, 0.4) is 0 Å². The number of hydrogen-bond donors (Lipinski definition) is 0. The first-order chi connectivity index (χ1) is 12.0. The molecule has 0 aliphatic carbocycles. The molecule has 3 rings (SSSR count). The van der Waals surface area contributed by atoms with E-state index in [1.54, 1.807) is 16.8 Å². The summed E-state index contributed by atoms with van der Waals surface area (Å²) in [6.45, 7) is 3.76. The van der Waals surface area contributed by atoms with Crippen molar-refractivity contribution in [2.45, 2.75) is 13.8 Å². The van der Waals surface area contributed by atoms with E-state index < -0.39 is 4.92 Å². The number of halogens is 1. The molecule has 0 spiro atoms. The topological polar surface area (TPSA) is 85.7 Å². The van der Waals surface area contributed by atoms with Gasteiger partial charge in [-0.2, -0.15) is 10.2 Å². The van der Waals surface area contributed by atoms with Crippen molar-refractivity contribution in [3.8, 4) is 5.69 Å². The zero-order valence-electron chi connectivity index (χ0n) is 13.5. The lowest BCUT2D eigenvalue weighted by Crippen LogP contribution is -1.98. The number of non-ortho nitro benzene ring substituents is 1. The van der Waals surface area contributed by atoms with Gasteiger partial charge >= 0.3 is 0 Å². The maximum atomic E-state index is 10.8. The van der Waals surface area contributed by atoms with E-state index in [-0.39, 0.29) is 5.69 Å². The van der Waals surface area contributed by atoms with Gasteiger partial charge in [-0.15, -0.1) is 5.11 Å². The lowest BCUT2D eigenvalue weighted by molar-refractivity contribution is -0.384. The first-order valence-corrected chi connectivity index (χ1v) is 8.23. The summed E-state index contributed by atoms with van der Waals surface area (Å²) in [5, 5.41) is 23.7. The Morgan fingerprint density at radius 1 is 1.12 bits per heavy atom. The van der Waals surface area contributed by atoms with Crippen LogP contribution in [0.5, 0.6) is 0 Å². The lowest BCUT2D eigenvalue weighted by atomic mass is 10.3. The fourth-order valence-electron chi connectivity index (χ4n) is 2.39. The highest BCUT2D eigenvalue weighted by atomic mass is 79.9. The Morgan fingerprint density at radius 2 is 1.84 bits per heavy atom. The van der Waals surface area contributed by atoms with E-state index in [9.17, 15) is 10.1 Å². The van der Waals surface area contributed by atoms with Crippen molar-refractivity contribution in [3.63, 3.8) is 0 Å². The van der Waals surface area contributed by atoms with Gasteiger partial charge in [0.05, 0.1) is 27.7 Å². The number of nitro groups is 1. The molecule has 3 aromatic rings. The van der Waals surface area contributed by atoms with Crippen molar-refractivity contribution in [1.29, 1.82) is 0 Å². The van der Waals surface area contributed by atoms with E-state index in [0.717, 1.165) is 21.5 Å². The van der Waals surface area contributed by atoms with Gasteiger partial charge in [-0.05, 0) is 44.2 Å². The van der Waals surface area contributed by atoms with E-state index in [1.165, 1.54) is 12.1 Å². The maximum absolute atomic E-state index is 10.8. The highest BCUT2D eigenvalue weighted by Gasteiger charge is 2.13. The molecule has 0 aliphatic rings. The number of nitrogens with zero attached hydrogens (tertiary/aromatic N) is 5. The fourth-order valence-corrected chi connectivity index (χ4v) is 2.65. The summed E-state index contributed by atoms with van der Waals surface area (Å²) >= 11 is 3.41. The molecule has 1 aromatic heterocycles. The van der Waals surface area contributed by atoms with Gasteiger partial charge in [0.1, 0.15) is 5.69 Å². The Labute approximate surface area is 152 Å². The second-order valence-corrected chi connectivity index (χ2v) is 6.30. The molecule has 0 amide bonds. The average Bonchev–Trinajstić information content (AvgIpc) is 2.88. The molecular weight excluding hydrogens is 386 g/mol. The quantitative estimate of drug-likeness (QED) is 0.326. The Morgan fingerprint density at radius 3 is 2.52 bits per heavy atom. The van der Waals surface area contributed by atoms with Crippen molar-refractivity contribution in [1.82, 2.24) is 9.78 Å². The van der Waals surface area contributed by atoms with E-state index >= 15 is 0 Å². The third-order valence-corrected chi connectivity index (χ3v) is 4.16. The summed E-state index contributed by atoms with van der Waals surface area (Å²) in [7, 11) is 0. The van der Waals surface area contributed by atoms with E-state index in [4.69, 9.17) is 0 Å². The summed E-state index contributed by atoms with van der Waals surface area (Å²) in [6, 6.07) is 13.8. The molecule has 0 radical (unpaired) electrons.